The van der Waals surface area contributed by atoms with E-state index in [9.17, 15) is 9.90 Å². The van der Waals surface area contributed by atoms with Crippen LogP contribution in [0.4, 0.5) is 0 Å². The number of Topliss-reactive ketones (excluding diaryl/α,β-unsaturated/α-hetero) is 1. The van der Waals surface area contributed by atoms with Gasteiger partial charge in [0, 0.05) is 12.3 Å². The van der Waals surface area contributed by atoms with Crippen LogP contribution in [0.15, 0.2) is 0 Å². The lowest BCUT2D eigenvalue weighted by molar-refractivity contribution is -0.155. The molecule has 2 heteroatoms. The Balaban J connectivity index is 1.70. The fourth-order valence-electron chi connectivity index (χ4n) is 7.07. The van der Waals surface area contributed by atoms with Crippen molar-refractivity contribution in [1.29, 1.82) is 0 Å². The van der Waals surface area contributed by atoms with Gasteiger partial charge in [0.1, 0.15) is 5.78 Å². The normalized spacial score (nSPS) is 56.5. The number of hydrogen-bond acceptors (Lipinski definition) is 2. The number of carbonyl (C=O) groups excluding carboxylic acids is 1. The maximum absolute atomic E-state index is 12.8. The molecule has 0 radical (unpaired) electrons. The van der Waals surface area contributed by atoms with E-state index in [-0.39, 0.29) is 16.9 Å². The molecule has 2 nitrogen and oxygen atoms in total. The van der Waals surface area contributed by atoms with Crippen molar-refractivity contribution in [2.45, 2.75) is 77.7 Å². The summed E-state index contributed by atoms with van der Waals surface area (Å²) in [6, 6.07) is 0. The molecule has 0 bridgehead atoms. The quantitative estimate of drug-likeness (QED) is 0.733. The van der Waals surface area contributed by atoms with Gasteiger partial charge in [0.15, 0.2) is 0 Å². The van der Waals surface area contributed by atoms with Crippen LogP contribution in [-0.4, -0.2) is 17.0 Å². The number of fused-ring (bicyclic) bond motifs is 5. The fraction of sp³-hybridized carbons (Fsp3) is 0.947. The molecule has 4 aliphatic carbocycles. The van der Waals surface area contributed by atoms with Crippen LogP contribution in [0.2, 0.25) is 0 Å². The van der Waals surface area contributed by atoms with Gasteiger partial charge in [-0.05, 0) is 67.1 Å². The van der Waals surface area contributed by atoms with Crippen LogP contribution in [0.1, 0.15) is 71.6 Å². The van der Waals surface area contributed by atoms with E-state index >= 15 is 0 Å². The summed E-state index contributed by atoms with van der Waals surface area (Å²) in [5.41, 5.74) is 0.367. The maximum Gasteiger partial charge on any atom is 0.136 e. The Morgan fingerprint density at radius 1 is 0.952 bits per heavy atom. The minimum atomic E-state index is -0.129. The number of aliphatic hydroxyl groups excluding tert-OH is 1. The standard InChI is InChI=1S/C19H30O2/c1-18-9-4-3-5-15(18)16(20)11-12-13-6-7-17(21)19(13,2)10-8-14(12)18/h12-15,17,21H,3-11H2,1-2H3. The van der Waals surface area contributed by atoms with E-state index in [2.05, 4.69) is 13.8 Å². The summed E-state index contributed by atoms with van der Waals surface area (Å²) in [6.45, 7) is 4.73. The van der Waals surface area contributed by atoms with Crippen LogP contribution < -0.4 is 0 Å². The average Bonchev–Trinajstić information content (AvgIpc) is 2.75. The van der Waals surface area contributed by atoms with Crippen LogP contribution in [0.3, 0.4) is 0 Å². The number of ketones is 1. The summed E-state index contributed by atoms with van der Waals surface area (Å²) in [5, 5.41) is 10.5. The molecule has 1 N–H and O–H groups in total. The van der Waals surface area contributed by atoms with Crippen LogP contribution in [0.25, 0.3) is 0 Å². The minimum absolute atomic E-state index is 0.0965. The predicted octanol–water partition coefficient (Wildman–Crippen LogP) is 3.96. The van der Waals surface area contributed by atoms with E-state index in [1.807, 2.05) is 0 Å². The molecule has 7 unspecified atom stereocenters. The SMILES string of the molecule is CC12CCC3C(CC(=O)C4CCCCC43C)C1CCC2O. The van der Waals surface area contributed by atoms with Gasteiger partial charge in [-0.25, -0.2) is 0 Å². The molecular weight excluding hydrogens is 260 g/mol. The van der Waals surface area contributed by atoms with Gasteiger partial charge in [-0.1, -0.05) is 26.7 Å². The summed E-state index contributed by atoms with van der Waals surface area (Å²) in [6.07, 6.45) is 10.2. The molecule has 21 heavy (non-hydrogen) atoms. The lowest BCUT2D eigenvalue weighted by Gasteiger charge is -2.59. The molecule has 0 aliphatic heterocycles. The molecule has 0 aromatic carbocycles. The smallest absolute Gasteiger partial charge is 0.136 e. The highest BCUT2D eigenvalue weighted by Gasteiger charge is 2.61. The first-order valence-electron chi connectivity index (χ1n) is 9.17. The fourth-order valence-corrected chi connectivity index (χ4v) is 7.07. The molecule has 0 heterocycles. The molecule has 4 rings (SSSR count). The van der Waals surface area contributed by atoms with Gasteiger partial charge >= 0.3 is 0 Å². The molecule has 7 atom stereocenters. The van der Waals surface area contributed by atoms with Crippen molar-refractivity contribution in [3.63, 3.8) is 0 Å². The largest absolute Gasteiger partial charge is 0.393 e. The number of carbonyl (C=O) groups is 1. The van der Waals surface area contributed by atoms with Crippen molar-refractivity contribution >= 4 is 5.78 Å². The van der Waals surface area contributed by atoms with Gasteiger partial charge in [-0.3, -0.25) is 4.79 Å². The van der Waals surface area contributed by atoms with Gasteiger partial charge in [-0.2, -0.15) is 0 Å². The van der Waals surface area contributed by atoms with Crippen LogP contribution in [0.5, 0.6) is 0 Å². The van der Waals surface area contributed by atoms with E-state index < -0.39 is 0 Å². The number of hydrogen-bond donors (Lipinski definition) is 1. The summed E-state index contributed by atoms with van der Waals surface area (Å²) in [5.74, 6) is 2.80. The highest BCUT2D eigenvalue weighted by Crippen LogP contribution is 2.65. The Labute approximate surface area is 128 Å². The Kier molecular flexibility index (Phi) is 3.10. The van der Waals surface area contributed by atoms with Crippen LogP contribution in [-0.2, 0) is 4.79 Å². The molecular formula is C19H30O2. The van der Waals surface area contributed by atoms with E-state index in [0.717, 1.165) is 31.6 Å². The molecule has 0 aromatic heterocycles. The highest BCUT2D eigenvalue weighted by molar-refractivity contribution is 5.83. The summed E-state index contributed by atoms with van der Waals surface area (Å²) in [7, 11) is 0. The summed E-state index contributed by atoms with van der Waals surface area (Å²) >= 11 is 0. The third-order valence-corrected chi connectivity index (χ3v) is 8.31. The van der Waals surface area contributed by atoms with Crippen LogP contribution >= 0.6 is 0 Å². The minimum Gasteiger partial charge on any atom is -0.393 e. The first-order chi connectivity index (χ1) is 9.97. The Morgan fingerprint density at radius 3 is 2.52 bits per heavy atom. The third kappa shape index (κ3) is 1.77. The van der Waals surface area contributed by atoms with Gasteiger partial charge in [0.25, 0.3) is 0 Å². The van der Waals surface area contributed by atoms with Gasteiger partial charge < -0.3 is 5.11 Å². The van der Waals surface area contributed by atoms with Crippen molar-refractivity contribution in [1.82, 2.24) is 0 Å². The zero-order valence-corrected chi connectivity index (χ0v) is 13.6. The monoisotopic (exact) mass is 290 g/mol. The molecule has 0 aromatic rings. The predicted molar refractivity (Wildman–Crippen MR) is 82.7 cm³/mol. The topological polar surface area (TPSA) is 37.3 Å². The van der Waals surface area contributed by atoms with Gasteiger partial charge in [-0.15, -0.1) is 0 Å². The Bertz CT molecular complexity index is 458. The van der Waals surface area contributed by atoms with Crippen molar-refractivity contribution in [2.75, 3.05) is 0 Å². The molecule has 0 amide bonds. The van der Waals surface area contributed by atoms with E-state index in [1.165, 1.54) is 32.1 Å². The average molecular weight is 290 g/mol. The van der Waals surface area contributed by atoms with E-state index in [1.54, 1.807) is 0 Å². The molecule has 0 saturated heterocycles. The Hall–Kier alpha value is -0.370. The van der Waals surface area contributed by atoms with Gasteiger partial charge in [0.2, 0.25) is 0 Å². The second-order valence-electron chi connectivity index (χ2n) is 8.99. The zero-order valence-electron chi connectivity index (χ0n) is 13.6. The molecule has 4 saturated carbocycles. The molecule has 4 aliphatic rings. The second kappa shape index (κ2) is 4.57. The first kappa shape index (κ1) is 14.2. The van der Waals surface area contributed by atoms with Crippen LogP contribution in [0, 0.1) is 34.5 Å². The van der Waals surface area contributed by atoms with Crippen molar-refractivity contribution in [3.05, 3.63) is 0 Å². The van der Waals surface area contributed by atoms with E-state index in [4.69, 9.17) is 0 Å². The van der Waals surface area contributed by atoms with Crippen molar-refractivity contribution in [2.24, 2.45) is 34.5 Å². The van der Waals surface area contributed by atoms with E-state index in [0.29, 0.717) is 23.5 Å². The number of aliphatic hydroxyl groups is 1. The lowest BCUT2D eigenvalue weighted by atomic mass is 9.45. The van der Waals surface area contributed by atoms with Crippen molar-refractivity contribution < 1.29 is 9.90 Å². The molecule has 4 fully saturated rings. The summed E-state index contributed by atoms with van der Waals surface area (Å²) < 4.78 is 0. The Morgan fingerprint density at radius 2 is 1.71 bits per heavy atom. The number of rotatable bonds is 0. The van der Waals surface area contributed by atoms with Gasteiger partial charge in [0.05, 0.1) is 6.10 Å². The summed E-state index contributed by atoms with van der Waals surface area (Å²) in [4.78, 5) is 12.8. The molecule has 0 spiro atoms. The first-order valence-corrected chi connectivity index (χ1v) is 9.17. The highest BCUT2D eigenvalue weighted by atomic mass is 16.3. The second-order valence-corrected chi connectivity index (χ2v) is 8.99. The zero-order chi connectivity index (χ0) is 14.8. The molecule has 118 valence electrons. The third-order valence-electron chi connectivity index (χ3n) is 8.31. The lowest BCUT2D eigenvalue weighted by Crippen LogP contribution is -2.56. The maximum atomic E-state index is 12.8. The van der Waals surface area contributed by atoms with Crippen molar-refractivity contribution in [3.8, 4) is 0 Å².